The number of aromatic hydroxyl groups is 1. The highest BCUT2D eigenvalue weighted by Crippen LogP contribution is 2.24. The van der Waals surface area contributed by atoms with Crippen molar-refractivity contribution < 1.29 is 33.6 Å². The SMILES string of the molecule is CCCCCCCCCCCCOc1ccc(C(=O)Oc2ccc(/C=N/NC(=O)c3ccc(OCc4ccc(OCCCCCCCCCC)cc4)cc3)c(O)c2)cc1. The molecule has 0 spiro atoms. The third kappa shape index (κ3) is 18.9. The molecule has 4 aromatic rings. The first kappa shape index (κ1) is 46.4. The van der Waals surface area contributed by atoms with Gasteiger partial charge in [-0.15, -0.1) is 0 Å². The van der Waals surface area contributed by atoms with Gasteiger partial charge in [-0.3, -0.25) is 4.79 Å². The van der Waals surface area contributed by atoms with Crippen molar-refractivity contribution in [3.8, 4) is 28.7 Å². The summed E-state index contributed by atoms with van der Waals surface area (Å²) in [6.45, 7) is 6.26. The normalized spacial score (nSPS) is 11.1. The zero-order chi connectivity index (χ0) is 41.8. The Bertz CT molecular complexity index is 1790. The van der Waals surface area contributed by atoms with Gasteiger partial charge in [0.25, 0.3) is 5.91 Å². The average Bonchev–Trinajstić information content (AvgIpc) is 3.25. The molecule has 2 N–H and O–H groups in total. The number of nitrogens with zero attached hydrogens (tertiary/aromatic N) is 1. The van der Waals surface area contributed by atoms with E-state index in [1.807, 2.05) is 24.3 Å². The van der Waals surface area contributed by atoms with Crippen LogP contribution in [0, 0.1) is 0 Å². The second-order valence-electron chi connectivity index (χ2n) is 15.1. The van der Waals surface area contributed by atoms with E-state index in [4.69, 9.17) is 18.9 Å². The van der Waals surface area contributed by atoms with Crippen molar-refractivity contribution in [2.24, 2.45) is 5.10 Å². The molecule has 0 saturated heterocycles. The molecule has 0 atom stereocenters. The maximum Gasteiger partial charge on any atom is 0.343 e. The Morgan fingerprint density at radius 1 is 0.542 bits per heavy atom. The molecule has 0 aromatic heterocycles. The molecule has 0 aliphatic carbocycles. The molecular weight excluding hydrogens is 741 g/mol. The molecule has 9 heteroatoms. The standard InChI is InChI=1S/C50H66N2O7/c1-3-5-7-9-11-13-14-16-18-20-36-57-45-32-25-42(26-33-45)50(55)59-47-34-27-43(48(53)37-47)38-51-52-49(54)41-23-30-46(31-24-41)58-39-40-21-28-44(29-22-40)56-35-19-17-15-12-10-8-6-4-2/h21-34,37-38,53H,3-20,35-36,39H2,1-2H3,(H,52,54)/b51-38+. The maximum absolute atomic E-state index is 12.7. The molecule has 0 aliphatic heterocycles. The summed E-state index contributed by atoms with van der Waals surface area (Å²) < 4.78 is 23.1. The fourth-order valence-corrected chi connectivity index (χ4v) is 6.53. The van der Waals surface area contributed by atoms with E-state index in [0.717, 1.165) is 37.2 Å². The first-order valence-electron chi connectivity index (χ1n) is 22.0. The fraction of sp³-hybridized carbons (Fsp3) is 0.460. The van der Waals surface area contributed by atoms with Crippen LogP contribution in [-0.2, 0) is 6.61 Å². The minimum atomic E-state index is -0.556. The minimum Gasteiger partial charge on any atom is -0.507 e. The summed E-state index contributed by atoms with van der Waals surface area (Å²) in [4.78, 5) is 25.4. The van der Waals surface area contributed by atoms with Crippen molar-refractivity contribution in [2.45, 2.75) is 136 Å². The van der Waals surface area contributed by atoms with Crippen LogP contribution in [0.3, 0.4) is 0 Å². The number of phenols is 1. The van der Waals surface area contributed by atoms with Gasteiger partial charge in [0.2, 0.25) is 0 Å². The predicted octanol–water partition coefficient (Wildman–Crippen LogP) is 12.8. The van der Waals surface area contributed by atoms with Gasteiger partial charge in [-0.1, -0.05) is 129 Å². The molecule has 59 heavy (non-hydrogen) atoms. The van der Waals surface area contributed by atoms with Gasteiger partial charge in [-0.05, 0) is 91.2 Å². The number of amides is 1. The Kier molecular flexibility index (Phi) is 22.1. The van der Waals surface area contributed by atoms with E-state index in [0.29, 0.717) is 41.4 Å². The molecule has 9 nitrogen and oxygen atoms in total. The zero-order valence-corrected chi connectivity index (χ0v) is 35.4. The number of nitrogens with one attached hydrogen (secondary N) is 1. The summed E-state index contributed by atoms with van der Waals surface area (Å²) in [6, 6.07) is 26.0. The molecule has 4 rings (SSSR count). The van der Waals surface area contributed by atoms with Crippen LogP contribution >= 0.6 is 0 Å². The Labute approximate surface area is 352 Å². The minimum absolute atomic E-state index is 0.161. The zero-order valence-electron chi connectivity index (χ0n) is 35.4. The third-order valence-electron chi connectivity index (χ3n) is 10.2. The Morgan fingerprint density at radius 3 is 1.49 bits per heavy atom. The number of rotatable bonds is 30. The summed E-state index contributed by atoms with van der Waals surface area (Å²) in [7, 11) is 0. The van der Waals surface area contributed by atoms with Crippen LogP contribution in [0.25, 0.3) is 0 Å². The number of hydrogen-bond donors (Lipinski definition) is 2. The van der Waals surface area contributed by atoms with E-state index in [1.54, 1.807) is 60.7 Å². The van der Waals surface area contributed by atoms with Gasteiger partial charge in [0.05, 0.1) is 25.0 Å². The third-order valence-corrected chi connectivity index (χ3v) is 10.2. The van der Waals surface area contributed by atoms with Gasteiger partial charge >= 0.3 is 5.97 Å². The molecule has 4 aromatic carbocycles. The molecule has 0 saturated carbocycles. The number of unbranched alkanes of at least 4 members (excludes halogenated alkanes) is 16. The van der Waals surface area contributed by atoms with Gasteiger partial charge in [0, 0.05) is 17.2 Å². The highest BCUT2D eigenvalue weighted by Gasteiger charge is 2.11. The van der Waals surface area contributed by atoms with Crippen LogP contribution < -0.4 is 24.4 Å². The van der Waals surface area contributed by atoms with Crippen LogP contribution in [0.1, 0.15) is 161 Å². The van der Waals surface area contributed by atoms with Crippen molar-refractivity contribution in [2.75, 3.05) is 13.2 Å². The topological polar surface area (TPSA) is 116 Å². The summed E-state index contributed by atoms with van der Waals surface area (Å²) in [5, 5.41) is 14.5. The van der Waals surface area contributed by atoms with E-state index in [9.17, 15) is 14.7 Å². The van der Waals surface area contributed by atoms with Crippen LogP contribution in [0.5, 0.6) is 28.7 Å². The van der Waals surface area contributed by atoms with E-state index >= 15 is 0 Å². The summed E-state index contributed by atoms with van der Waals surface area (Å²) in [6.07, 6.45) is 24.2. The number of hydrazone groups is 1. The van der Waals surface area contributed by atoms with Crippen LogP contribution in [-0.4, -0.2) is 36.4 Å². The number of benzene rings is 4. The maximum atomic E-state index is 12.7. The largest absolute Gasteiger partial charge is 0.507 e. The quantitative estimate of drug-likeness (QED) is 0.0177. The summed E-state index contributed by atoms with van der Waals surface area (Å²) >= 11 is 0. The molecule has 1 amide bonds. The van der Waals surface area contributed by atoms with Crippen LogP contribution in [0.4, 0.5) is 0 Å². The Morgan fingerprint density at radius 2 is 0.983 bits per heavy atom. The van der Waals surface area contributed by atoms with Gasteiger partial charge in [0.1, 0.15) is 35.4 Å². The van der Waals surface area contributed by atoms with Crippen molar-refractivity contribution in [1.82, 2.24) is 5.43 Å². The van der Waals surface area contributed by atoms with Gasteiger partial charge in [-0.25, -0.2) is 10.2 Å². The number of carbonyl (C=O) groups excluding carboxylic acids is 2. The number of esters is 1. The van der Waals surface area contributed by atoms with Crippen molar-refractivity contribution in [1.29, 1.82) is 0 Å². The summed E-state index contributed by atoms with van der Waals surface area (Å²) in [5.41, 5.74) is 4.58. The lowest BCUT2D eigenvalue weighted by Crippen LogP contribution is -2.17. The van der Waals surface area contributed by atoms with Crippen LogP contribution in [0.15, 0.2) is 96.1 Å². The van der Waals surface area contributed by atoms with Crippen molar-refractivity contribution in [3.63, 3.8) is 0 Å². The lowest BCUT2D eigenvalue weighted by atomic mass is 10.1. The highest BCUT2D eigenvalue weighted by atomic mass is 16.5. The Balaban J connectivity index is 1.10. The molecule has 0 unspecified atom stereocenters. The molecular formula is C50H66N2O7. The second kappa shape index (κ2) is 28.2. The molecule has 0 radical (unpaired) electrons. The number of hydrogen-bond acceptors (Lipinski definition) is 8. The number of carbonyl (C=O) groups is 2. The van der Waals surface area contributed by atoms with Crippen LogP contribution in [0.2, 0.25) is 0 Å². The van der Waals surface area contributed by atoms with Gasteiger partial charge in [-0.2, -0.15) is 5.10 Å². The molecule has 0 heterocycles. The average molecular weight is 807 g/mol. The van der Waals surface area contributed by atoms with Crippen molar-refractivity contribution in [3.05, 3.63) is 113 Å². The lowest BCUT2D eigenvalue weighted by molar-refractivity contribution is 0.0734. The summed E-state index contributed by atoms with van der Waals surface area (Å²) in [5.74, 6) is 1.24. The van der Waals surface area contributed by atoms with Gasteiger partial charge < -0.3 is 24.1 Å². The first-order chi connectivity index (χ1) is 28.9. The van der Waals surface area contributed by atoms with E-state index < -0.39 is 11.9 Å². The molecule has 0 bridgehead atoms. The number of ether oxygens (including phenoxy) is 4. The predicted molar refractivity (Wildman–Crippen MR) is 237 cm³/mol. The highest BCUT2D eigenvalue weighted by molar-refractivity contribution is 5.95. The van der Waals surface area contributed by atoms with E-state index in [1.165, 1.54) is 109 Å². The fourth-order valence-electron chi connectivity index (χ4n) is 6.53. The molecule has 0 aliphatic rings. The smallest absolute Gasteiger partial charge is 0.343 e. The van der Waals surface area contributed by atoms with Crippen molar-refractivity contribution >= 4 is 18.1 Å². The van der Waals surface area contributed by atoms with Gasteiger partial charge in [0.15, 0.2) is 0 Å². The van der Waals surface area contributed by atoms with E-state index in [-0.39, 0.29) is 11.5 Å². The van der Waals surface area contributed by atoms with E-state index in [2.05, 4.69) is 24.4 Å². The molecule has 318 valence electrons. The number of phenolic OH excluding ortho intramolecular Hbond substituents is 1. The molecule has 0 fully saturated rings. The first-order valence-corrected chi connectivity index (χ1v) is 22.0. The lowest BCUT2D eigenvalue weighted by Gasteiger charge is -2.09. The Hall–Kier alpha value is -5.31. The second-order valence-corrected chi connectivity index (χ2v) is 15.1. The monoisotopic (exact) mass is 806 g/mol.